The Morgan fingerprint density at radius 2 is 1.67 bits per heavy atom. The quantitative estimate of drug-likeness (QED) is 0.470. The molecule has 1 amide bonds. The number of amides is 1. The lowest BCUT2D eigenvalue weighted by molar-refractivity contribution is 0.102. The molecule has 1 heterocycles. The lowest BCUT2D eigenvalue weighted by Crippen LogP contribution is -2.13. The molecule has 0 bridgehead atoms. The van der Waals surface area contributed by atoms with Crippen molar-refractivity contribution in [1.82, 2.24) is 4.98 Å². The molecule has 0 saturated carbocycles. The van der Waals surface area contributed by atoms with Crippen LogP contribution in [-0.2, 0) is 0 Å². The van der Waals surface area contributed by atoms with E-state index in [1.165, 1.54) is 0 Å². The molecule has 0 spiro atoms. The van der Waals surface area contributed by atoms with E-state index >= 15 is 0 Å². The second-order valence-corrected chi connectivity index (χ2v) is 5.80. The van der Waals surface area contributed by atoms with Crippen molar-refractivity contribution in [3.05, 3.63) is 78.6 Å². The number of hydrogen-bond donors (Lipinski definition) is 2. The van der Waals surface area contributed by atoms with E-state index in [2.05, 4.69) is 10.3 Å². The zero-order valence-electron chi connectivity index (χ0n) is 14.8. The maximum Gasteiger partial charge on any atom is 0.255 e. The van der Waals surface area contributed by atoms with Gasteiger partial charge in [0.25, 0.3) is 5.91 Å². The normalized spacial score (nSPS) is 10.2. The predicted octanol–water partition coefficient (Wildman–Crippen LogP) is 3.76. The van der Waals surface area contributed by atoms with E-state index in [1.807, 2.05) is 24.3 Å². The van der Waals surface area contributed by atoms with Crippen LogP contribution in [0.4, 0.5) is 11.4 Å². The summed E-state index contributed by atoms with van der Waals surface area (Å²) in [6.07, 6.45) is 4.12. The first-order valence-corrected chi connectivity index (χ1v) is 8.64. The van der Waals surface area contributed by atoms with Gasteiger partial charge < -0.3 is 20.5 Å². The van der Waals surface area contributed by atoms with Crippen LogP contribution in [0.1, 0.15) is 16.8 Å². The van der Waals surface area contributed by atoms with Gasteiger partial charge in [-0.05, 0) is 48.5 Å². The average Bonchev–Trinajstić information content (AvgIpc) is 2.71. The number of hydrogen-bond acceptors (Lipinski definition) is 5. The van der Waals surface area contributed by atoms with Crippen LogP contribution in [0.3, 0.4) is 0 Å². The Morgan fingerprint density at radius 3 is 2.37 bits per heavy atom. The summed E-state index contributed by atoms with van der Waals surface area (Å²) in [5.74, 6) is 1.23. The summed E-state index contributed by atoms with van der Waals surface area (Å²) in [5, 5.41) is 2.80. The van der Waals surface area contributed by atoms with Crippen molar-refractivity contribution >= 4 is 17.3 Å². The minimum atomic E-state index is -0.218. The van der Waals surface area contributed by atoms with Gasteiger partial charge in [-0.1, -0.05) is 12.1 Å². The largest absolute Gasteiger partial charge is 0.493 e. The van der Waals surface area contributed by atoms with Crippen LogP contribution < -0.4 is 20.5 Å². The fraction of sp³-hybridized carbons (Fsp3) is 0.143. The minimum absolute atomic E-state index is 0.218. The van der Waals surface area contributed by atoms with Crippen molar-refractivity contribution in [2.24, 2.45) is 0 Å². The monoisotopic (exact) mass is 363 g/mol. The summed E-state index contributed by atoms with van der Waals surface area (Å²) in [4.78, 5) is 16.3. The van der Waals surface area contributed by atoms with Crippen LogP contribution in [0.15, 0.2) is 73.1 Å². The van der Waals surface area contributed by atoms with Gasteiger partial charge in [0.1, 0.15) is 11.5 Å². The third-order valence-electron chi connectivity index (χ3n) is 3.79. The number of rotatable bonds is 8. The number of aromatic nitrogens is 1. The van der Waals surface area contributed by atoms with Crippen LogP contribution in [0, 0.1) is 0 Å². The van der Waals surface area contributed by atoms with Gasteiger partial charge in [-0.15, -0.1) is 0 Å². The molecular weight excluding hydrogens is 342 g/mol. The number of nitrogen functional groups attached to an aromatic ring is 1. The fourth-order valence-electron chi connectivity index (χ4n) is 2.38. The molecule has 0 unspecified atom stereocenters. The third-order valence-corrected chi connectivity index (χ3v) is 3.79. The second-order valence-electron chi connectivity index (χ2n) is 5.80. The molecule has 3 rings (SSSR count). The Labute approximate surface area is 158 Å². The summed E-state index contributed by atoms with van der Waals surface area (Å²) < 4.78 is 11.2. The van der Waals surface area contributed by atoms with E-state index < -0.39 is 0 Å². The van der Waals surface area contributed by atoms with Crippen LogP contribution in [0.5, 0.6) is 11.5 Å². The summed E-state index contributed by atoms with van der Waals surface area (Å²) in [6.45, 7) is 1.07. The molecule has 6 nitrogen and oxygen atoms in total. The molecule has 0 aliphatic carbocycles. The Balaban J connectivity index is 1.43. The molecule has 27 heavy (non-hydrogen) atoms. The number of nitrogens with two attached hydrogens (primary N) is 1. The van der Waals surface area contributed by atoms with Crippen molar-refractivity contribution in [3.63, 3.8) is 0 Å². The SMILES string of the molecule is Nc1ccccc1NC(=O)c1ccc(OCCCOc2cccnc2)cc1. The smallest absolute Gasteiger partial charge is 0.255 e. The Morgan fingerprint density at radius 1 is 0.926 bits per heavy atom. The van der Waals surface area contributed by atoms with Crippen LogP contribution in [0.2, 0.25) is 0 Å². The zero-order chi connectivity index (χ0) is 18.9. The number of anilines is 2. The van der Waals surface area contributed by atoms with E-state index in [4.69, 9.17) is 15.2 Å². The molecule has 0 atom stereocenters. The number of benzene rings is 2. The van der Waals surface area contributed by atoms with Crippen molar-refractivity contribution in [2.45, 2.75) is 6.42 Å². The Kier molecular flexibility index (Phi) is 6.25. The molecule has 0 aliphatic heterocycles. The number of para-hydroxylation sites is 2. The zero-order valence-corrected chi connectivity index (χ0v) is 14.8. The van der Waals surface area contributed by atoms with Crippen molar-refractivity contribution < 1.29 is 14.3 Å². The van der Waals surface area contributed by atoms with Gasteiger partial charge in [0.2, 0.25) is 0 Å². The minimum Gasteiger partial charge on any atom is -0.493 e. The highest BCUT2D eigenvalue weighted by Crippen LogP contribution is 2.19. The molecule has 0 fully saturated rings. The number of nitrogens with zero attached hydrogens (tertiary/aromatic N) is 1. The van der Waals surface area contributed by atoms with Crippen molar-refractivity contribution in [1.29, 1.82) is 0 Å². The molecule has 0 saturated heterocycles. The highest BCUT2D eigenvalue weighted by atomic mass is 16.5. The number of carbonyl (C=O) groups is 1. The van der Waals surface area contributed by atoms with Crippen molar-refractivity contribution in [2.75, 3.05) is 24.3 Å². The van der Waals surface area contributed by atoms with E-state index in [-0.39, 0.29) is 5.91 Å². The average molecular weight is 363 g/mol. The van der Waals surface area contributed by atoms with E-state index in [1.54, 1.807) is 48.8 Å². The third kappa shape index (κ3) is 5.47. The van der Waals surface area contributed by atoms with Gasteiger partial charge in [0.15, 0.2) is 0 Å². The van der Waals surface area contributed by atoms with E-state index in [0.29, 0.717) is 35.9 Å². The molecular formula is C21H21N3O3. The maximum atomic E-state index is 12.3. The van der Waals surface area contributed by atoms with Crippen LogP contribution in [0.25, 0.3) is 0 Å². The molecule has 1 aromatic heterocycles. The number of pyridine rings is 1. The number of ether oxygens (including phenoxy) is 2. The lowest BCUT2D eigenvalue weighted by atomic mass is 10.2. The van der Waals surface area contributed by atoms with Gasteiger partial charge in [-0.25, -0.2) is 0 Å². The topological polar surface area (TPSA) is 86.5 Å². The van der Waals surface area contributed by atoms with Gasteiger partial charge >= 0.3 is 0 Å². The van der Waals surface area contributed by atoms with Gasteiger partial charge in [-0.2, -0.15) is 0 Å². The highest BCUT2D eigenvalue weighted by molar-refractivity contribution is 6.05. The summed E-state index contributed by atoms with van der Waals surface area (Å²) >= 11 is 0. The van der Waals surface area contributed by atoms with Crippen LogP contribution >= 0.6 is 0 Å². The van der Waals surface area contributed by atoms with Crippen LogP contribution in [-0.4, -0.2) is 24.1 Å². The Hall–Kier alpha value is -3.54. The predicted molar refractivity (Wildman–Crippen MR) is 105 cm³/mol. The molecule has 138 valence electrons. The van der Waals surface area contributed by atoms with E-state index in [9.17, 15) is 4.79 Å². The first kappa shape index (κ1) is 18.3. The van der Waals surface area contributed by atoms with E-state index in [0.717, 1.165) is 12.2 Å². The summed E-state index contributed by atoms with van der Waals surface area (Å²) in [6, 6.07) is 17.8. The molecule has 3 N–H and O–H groups in total. The first-order chi connectivity index (χ1) is 13.2. The van der Waals surface area contributed by atoms with Crippen molar-refractivity contribution in [3.8, 4) is 11.5 Å². The molecule has 2 aromatic carbocycles. The number of carbonyl (C=O) groups excluding carboxylic acids is 1. The molecule has 3 aromatic rings. The number of nitrogens with one attached hydrogen (secondary N) is 1. The molecule has 0 radical (unpaired) electrons. The van der Waals surface area contributed by atoms with Gasteiger partial charge in [0, 0.05) is 18.2 Å². The highest BCUT2D eigenvalue weighted by Gasteiger charge is 2.08. The first-order valence-electron chi connectivity index (χ1n) is 8.64. The molecule has 0 aliphatic rings. The fourth-order valence-corrected chi connectivity index (χ4v) is 2.38. The lowest BCUT2D eigenvalue weighted by Gasteiger charge is -2.10. The second kappa shape index (κ2) is 9.24. The summed E-state index contributed by atoms with van der Waals surface area (Å²) in [5.41, 5.74) is 7.49. The maximum absolute atomic E-state index is 12.3. The summed E-state index contributed by atoms with van der Waals surface area (Å²) in [7, 11) is 0. The standard InChI is InChI=1S/C21H21N3O3/c22-19-6-1-2-7-20(19)24-21(25)16-8-10-17(11-9-16)26-13-4-14-27-18-5-3-12-23-15-18/h1-3,5-12,15H,4,13-14,22H2,(H,24,25). The molecule has 6 heteroatoms. The van der Waals surface area contributed by atoms with Gasteiger partial charge in [-0.3, -0.25) is 9.78 Å². The Bertz CT molecular complexity index is 867. The van der Waals surface area contributed by atoms with Gasteiger partial charge in [0.05, 0.1) is 30.8 Å².